The van der Waals surface area contributed by atoms with Crippen LogP contribution in [0.5, 0.6) is 0 Å². The second-order valence-corrected chi connectivity index (χ2v) is 5.74. The number of hydrogen-bond donors (Lipinski definition) is 0. The first kappa shape index (κ1) is 19.4. The smallest absolute Gasteiger partial charge is 0.137 e. The van der Waals surface area contributed by atoms with E-state index in [1.807, 2.05) is 20.8 Å². The number of hydrogen-bond acceptors (Lipinski definition) is 4. The first-order chi connectivity index (χ1) is 10.4. The molecule has 0 radical (unpaired) electrons. The van der Waals surface area contributed by atoms with Gasteiger partial charge in [0.25, 0.3) is 0 Å². The number of halogens is 4. The van der Waals surface area contributed by atoms with Crippen LogP contribution in [0.2, 0.25) is 20.6 Å². The van der Waals surface area contributed by atoms with Crippen LogP contribution >= 0.6 is 46.4 Å². The van der Waals surface area contributed by atoms with E-state index >= 15 is 0 Å². The zero-order valence-electron chi connectivity index (χ0n) is 12.5. The molecule has 0 spiro atoms. The molecule has 2 aromatic rings. The SMILES string of the molecule is CCc1c(Cl)nnc(Cl)c1CC.CCc1cc(Cl)nnc1Cl. The van der Waals surface area contributed by atoms with E-state index in [0.29, 0.717) is 20.6 Å². The van der Waals surface area contributed by atoms with Crippen molar-refractivity contribution in [3.63, 3.8) is 0 Å². The standard InChI is InChI=1S/C8H10Cl2N2.C6H6Cl2N2/c1-3-5-6(4-2)8(10)12-11-7(5)9;1-2-4-3-5(7)9-10-6(4)8/h3-4H2,1-2H3;3H,2H2,1H3. The molecular weight excluding hydrogens is 366 g/mol. The third kappa shape index (κ3) is 5.20. The van der Waals surface area contributed by atoms with E-state index in [-0.39, 0.29) is 0 Å². The van der Waals surface area contributed by atoms with Crippen molar-refractivity contribution in [2.45, 2.75) is 40.0 Å². The minimum Gasteiger partial charge on any atom is -0.137 e. The van der Waals surface area contributed by atoms with Crippen molar-refractivity contribution < 1.29 is 0 Å². The average Bonchev–Trinajstić information content (AvgIpc) is 2.52. The molecule has 2 rings (SSSR count). The van der Waals surface area contributed by atoms with Crippen LogP contribution < -0.4 is 0 Å². The van der Waals surface area contributed by atoms with Gasteiger partial charge in [-0.25, -0.2) is 0 Å². The molecule has 0 saturated carbocycles. The Hall–Kier alpha value is -0.680. The van der Waals surface area contributed by atoms with Crippen molar-refractivity contribution in [3.8, 4) is 0 Å². The first-order valence-corrected chi connectivity index (χ1v) is 8.32. The minimum absolute atomic E-state index is 0.390. The molecule has 4 nitrogen and oxygen atoms in total. The van der Waals surface area contributed by atoms with E-state index in [2.05, 4.69) is 20.4 Å². The van der Waals surface area contributed by atoms with E-state index in [0.717, 1.165) is 36.0 Å². The van der Waals surface area contributed by atoms with Gasteiger partial charge < -0.3 is 0 Å². The fraction of sp³-hybridized carbons (Fsp3) is 0.429. The second kappa shape index (κ2) is 9.46. The van der Waals surface area contributed by atoms with Crippen molar-refractivity contribution >= 4 is 46.4 Å². The Morgan fingerprint density at radius 1 is 0.682 bits per heavy atom. The van der Waals surface area contributed by atoms with E-state index in [4.69, 9.17) is 46.4 Å². The summed E-state index contributed by atoms with van der Waals surface area (Å²) in [5.41, 5.74) is 2.96. The highest BCUT2D eigenvalue weighted by atomic mass is 35.5. The van der Waals surface area contributed by atoms with Gasteiger partial charge in [0.15, 0.2) is 20.6 Å². The van der Waals surface area contributed by atoms with Crippen LogP contribution in [-0.2, 0) is 19.3 Å². The Balaban J connectivity index is 0.000000224. The van der Waals surface area contributed by atoms with Crippen LogP contribution in [0.3, 0.4) is 0 Å². The summed E-state index contributed by atoms with van der Waals surface area (Å²) in [6.07, 6.45) is 2.52. The highest BCUT2D eigenvalue weighted by Crippen LogP contribution is 2.23. The van der Waals surface area contributed by atoms with Gasteiger partial charge in [0.05, 0.1) is 0 Å². The van der Waals surface area contributed by atoms with Gasteiger partial charge >= 0.3 is 0 Å². The Morgan fingerprint density at radius 3 is 1.50 bits per heavy atom. The van der Waals surface area contributed by atoms with Gasteiger partial charge in [-0.2, -0.15) is 0 Å². The van der Waals surface area contributed by atoms with Gasteiger partial charge in [-0.3, -0.25) is 0 Å². The maximum atomic E-state index is 5.85. The molecule has 0 aromatic carbocycles. The predicted molar refractivity (Wildman–Crippen MR) is 92.2 cm³/mol. The minimum atomic E-state index is 0.390. The Kier molecular flexibility index (Phi) is 8.33. The van der Waals surface area contributed by atoms with Crippen molar-refractivity contribution in [2.24, 2.45) is 0 Å². The topological polar surface area (TPSA) is 51.6 Å². The molecule has 0 aliphatic rings. The Labute approximate surface area is 150 Å². The van der Waals surface area contributed by atoms with Crippen molar-refractivity contribution in [2.75, 3.05) is 0 Å². The van der Waals surface area contributed by atoms with Gasteiger partial charge in [-0.05, 0) is 42.0 Å². The third-order valence-electron chi connectivity index (χ3n) is 2.97. The fourth-order valence-corrected chi connectivity index (χ4v) is 2.78. The number of aromatic nitrogens is 4. The lowest BCUT2D eigenvalue weighted by Crippen LogP contribution is -1.98. The molecule has 0 bridgehead atoms. The maximum absolute atomic E-state index is 5.85. The highest BCUT2D eigenvalue weighted by Gasteiger charge is 2.10. The molecule has 22 heavy (non-hydrogen) atoms. The molecule has 0 amide bonds. The molecule has 0 atom stereocenters. The summed E-state index contributed by atoms with van der Waals surface area (Å²) in [7, 11) is 0. The van der Waals surface area contributed by atoms with Gasteiger partial charge in [-0.15, -0.1) is 20.4 Å². The van der Waals surface area contributed by atoms with E-state index in [9.17, 15) is 0 Å². The van der Waals surface area contributed by atoms with Crippen molar-refractivity contribution in [1.29, 1.82) is 0 Å². The van der Waals surface area contributed by atoms with E-state index < -0.39 is 0 Å². The van der Waals surface area contributed by atoms with Gasteiger partial charge in [0, 0.05) is 0 Å². The van der Waals surface area contributed by atoms with E-state index in [1.54, 1.807) is 6.07 Å². The molecular formula is C14H16Cl4N4. The molecule has 0 aliphatic carbocycles. The van der Waals surface area contributed by atoms with Crippen LogP contribution in [-0.4, -0.2) is 20.4 Å². The summed E-state index contributed by atoms with van der Waals surface area (Å²) in [6, 6.07) is 1.72. The molecule has 8 heteroatoms. The zero-order chi connectivity index (χ0) is 16.7. The predicted octanol–water partition coefficient (Wildman–Crippen LogP) is 5.25. The molecule has 0 N–H and O–H groups in total. The summed E-state index contributed by atoms with van der Waals surface area (Å²) in [5, 5.41) is 16.5. The zero-order valence-corrected chi connectivity index (χ0v) is 15.5. The summed E-state index contributed by atoms with van der Waals surface area (Å²) >= 11 is 22.9. The summed E-state index contributed by atoms with van der Waals surface area (Å²) in [6.45, 7) is 6.04. The molecule has 120 valence electrons. The quantitative estimate of drug-likeness (QED) is 0.727. The lowest BCUT2D eigenvalue weighted by Gasteiger charge is -2.06. The summed E-state index contributed by atoms with van der Waals surface area (Å²) in [4.78, 5) is 0. The largest absolute Gasteiger partial charge is 0.155 e. The average molecular weight is 382 g/mol. The van der Waals surface area contributed by atoms with Gasteiger partial charge in [0.1, 0.15) is 0 Å². The first-order valence-electron chi connectivity index (χ1n) is 6.81. The van der Waals surface area contributed by atoms with E-state index in [1.165, 1.54) is 0 Å². The van der Waals surface area contributed by atoms with Gasteiger partial charge in [0.2, 0.25) is 0 Å². The molecule has 2 aromatic heterocycles. The fourth-order valence-electron chi connectivity index (χ4n) is 1.81. The van der Waals surface area contributed by atoms with Crippen molar-refractivity contribution in [3.05, 3.63) is 43.4 Å². The number of aryl methyl sites for hydroxylation is 1. The van der Waals surface area contributed by atoms with Gasteiger partial charge in [-0.1, -0.05) is 67.2 Å². The van der Waals surface area contributed by atoms with Crippen LogP contribution in [0, 0.1) is 0 Å². The highest BCUT2D eigenvalue weighted by molar-refractivity contribution is 6.32. The summed E-state index contributed by atoms with van der Waals surface area (Å²) < 4.78 is 0. The third-order valence-corrected chi connectivity index (χ3v) is 4.08. The monoisotopic (exact) mass is 380 g/mol. The molecule has 0 aliphatic heterocycles. The molecule has 0 unspecified atom stereocenters. The Bertz CT molecular complexity index is 605. The maximum Gasteiger partial charge on any atom is 0.155 e. The van der Waals surface area contributed by atoms with Crippen LogP contribution in [0.25, 0.3) is 0 Å². The summed E-state index contributed by atoms with van der Waals surface area (Å²) in [5.74, 6) is 0. The van der Waals surface area contributed by atoms with Crippen LogP contribution in [0.4, 0.5) is 0 Å². The van der Waals surface area contributed by atoms with Crippen molar-refractivity contribution in [1.82, 2.24) is 20.4 Å². The Morgan fingerprint density at radius 2 is 1.14 bits per heavy atom. The normalized spacial score (nSPS) is 10.1. The van der Waals surface area contributed by atoms with Crippen LogP contribution in [0.1, 0.15) is 37.5 Å². The molecule has 0 fully saturated rings. The number of rotatable bonds is 3. The second-order valence-electron chi connectivity index (χ2n) is 4.28. The van der Waals surface area contributed by atoms with Crippen LogP contribution in [0.15, 0.2) is 6.07 Å². The lowest BCUT2D eigenvalue weighted by atomic mass is 10.1. The lowest BCUT2D eigenvalue weighted by molar-refractivity contribution is 0.929. The molecule has 0 saturated heterocycles. The number of nitrogens with zero attached hydrogens (tertiary/aromatic N) is 4. The molecule has 2 heterocycles.